The Hall–Kier alpha value is -3.60. The molecule has 5 rings (SSSR count). The standard InChI is InChI=1S/C33H36O5/c1-7-8-9-10-23-18-27-29(25-17-21(3)13-16-26(25)32(5,6)36-27)30-28(23)31(35)38-33(37-30,19-22(4)34)24-14-11-20(2)12-15-24/h11-18H,7-10,19H2,1-6H3. The van der Waals surface area contributed by atoms with Gasteiger partial charge in [-0.2, -0.15) is 0 Å². The van der Waals surface area contributed by atoms with E-state index >= 15 is 0 Å². The zero-order chi connectivity index (χ0) is 27.2. The summed E-state index contributed by atoms with van der Waals surface area (Å²) in [7, 11) is 0. The first kappa shape index (κ1) is 26.0. The van der Waals surface area contributed by atoms with E-state index in [-0.39, 0.29) is 12.2 Å². The summed E-state index contributed by atoms with van der Waals surface area (Å²) in [5.41, 5.74) is 6.25. The zero-order valence-corrected chi connectivity index (χ0v) is 23.2. The molecular formula is C33H36O5. The molecule has 0 aromatic heterocycles. The van der Waals surface area contributed by atoms with Crippen molar-refractivity contribution in [3.8, 4) is 22.6 Å². The molecule has 0 aliphatic carbocycles. The van der Waals surface area contributed by atoms with Gasteiger partial charge in [0.15, 0.2) is 5.75 Å². The van der Waals surface area contributed by atoms with Crippen LogP contribution < -0.4 is 9.47 Å². The van der Waals surface area contributed by atoms with Crippen molar-refractivity contribution in [1.29, 1.82) is 0 Å². The number of carbonyl (C=O) groups excluding carboxylic acids is 2. The molecule has 0 N–H and O–H groups in total. The Morgan fingerprint density at radius 3 is 2.26 bits per heavy atom. The van der Waals surface area contributed by atoms with Gasteiger partial charge >= 0.3 is 5.97 Å². The van der Waals surface area contributed by atoms with Gasteiger partial charge < -0.3 is 14.2 Å². The van der Waals surface area contributed by atoms with Gasteiger partial charge in [0, 0.05) is 11.1 Å². The number of rotatable bonds is 7. The van der Waals surface area contributed by atoms with E-state index in [9.17, 15) is 9.59 Å². The van der Waals surface area contributed by atoms with Crippen molar-refractivity contribution in [3.63, 3.8) is 0 Å². The van der Waals surface area contributed by atoms with E-state index in [4.69, 9.17) is 14.2 Å². The minimum atomic E-state index is -1.56. The van der Waals surface area contributed by atoms with Crippen LogP contribution in [-0.4, -0.2) is 11.8 Å². The van der Waals surface area contributed by atoms with Crippen LogP contribution in [0.15, 0.2) is 48.5 Å². The monoisotopic (exact) mass is 512 g/mol. The molecule has 3 aromatic carbocycles. The number of ketones is 1. The van der Waals surface area contributed by atoms with Gasteiger partial charge in [-0.3, -0.25) is 4.79 Å². The topological polar surface area (TPSA) is 61.8 Å². The molecule has 2 aliphatic heterocycles. The highest BCUT2D eigenvalue weighted by atomic mass is 16.7. The van der Waals surface area contributed by atoms with Crippen molar-refractivity contribution in [3.05, 3.63) is 81.9 Å². The molecule has 5 nitrogen and oxygen atoms in total. The van der Waals surface area contributed by atoms with Crippen molar-refractivity contribution < 1.29 is 23.8 Å². The van der Waals surface area contributed by atoms with E-state index in [0.717, 1.165) is 52.6 Å². The van der Waals surface area contributed by atoms with Crippen LogP contribution in [0.5, 0.6) is 11.5 Å². The molecule has 0 radical (unpaired) electrons. The Morgan fingerprint density at radius 2 is 1.58 bits per heavy atom. The van der Waals surface area contributed by atoms with Crippen molar-refractivity contribution in [2.24, 2.45) is 0 Å². The van der Waals surface area contributed by atoms with Gasteiger partial charge in [-0.1, -0.05) is 73.4 Å². The summed E-state index contributed by atoms with van der Waals surface area (Å²) in [6.07, 6.45) is 3.66. The number of fused-ring (bicyclic) bond motifs is 5. The van der Waals surface area contributed by atoms with Gasteiger partial charge in [0.05, 0.1) is 12.0 Å². The number of unbranched alkanes of at least 4 members (excludes halogenated alkanes) is 2. The smallest absolute Gasteiger partial charge is 0.345 e. The van der Waals surface area contributed by atoms with Crippen LogP contribution in [0.3, 0.4) is 0 Å². The molecule has 1 unspecified atom stereocenters. The van der Waals surface area contributed by atoms with Gasteiger partial charge in [0.1, 0.15) is 22.7 Å². The summed E-state index contributed by atoms with van der Waals surface area (Å²) in [6.45, 7) is 11.8. The quantitative estimate of drug-likeness (QED) is 0.240. The average molecular weight is 513 g/mol. The molecule has 0 saturated heterocycles. The van der Waals surface area contributed by atoms with Gasteiger partial charge in [-0.15, -0.1) is 0 Å². The lowest BCUT2D eigenvalue weighted by Gasteiger charge is -2.42. The van der Waals surface area contributed by atoms with Gasteiger partial charge in [-0.25, -0.2) is 4.79 Å². The predicted molar refractivity (Wildman–Crippen MR) is 148 cm³/mol. The molecular weight excluding hydrogens is 476 g/mol. The summed E-state index contributed by atoms with van der Waals surface area (Å²) in [4.78, 5) is 26.5. The number of hydrogen-bond donors (Lipinski definition) is 0. The molecule has 1 atom stereocenters. The van der Waals surface area contributed by atoms with Crippen LogP contribution in [-0.2, 0) is 27.3 Å². The molecule has 0 spiro atoms. The second-order valence-corrected chi connectivity index (χ2v) is 11.2. The van der Waals surface area contributed by atoms with E-state index in [1.807, 2.05) is 37.3 Å². The maximum Gasteiger partial charge on any atom is 0.345 e. The fraction of sp³-hybridized carbons (Fsp3) is 0.394. The van der Waals surface area contributed by atoms with E-state index in [2.05, 4.69) is 45.9 Å². The van der Waals surface area contributed by atoms with E-state index in [1.165, 1.54) is 6.92 Å². The Bertz CT molecular complexity index is 1420. The molecule has 0 fully saturated rings. The maximum absolute atomic E-state index is 13.9. The number of ether oxygens (including phenoxy) is 3. The van der Waals surface area contributed by atoms with Crippen molar-refractivity contribution in [1.82, 2.24) is 0 Å². The molecule has 38 heavy (non-hydrogen) atoms. The number of aryl methyl sites for hydroxylation is 3. The minimum Gasteiger partial charge on any atom is -0.482 e. The number of Topliss-reactive ketones (excluding diaryl/α,β-unsaturated/α-hetero) is 1. The fourth-order valence-electron chi connectivity index (χ4n) is 5.64. The van der Waals surface area contributed by atoms with Crippen molar-refractivity contribution in [2.45, 2.75) is 85.0 Å². The fourth-order valence-corrected chi connectivity index (χ4v) is 5.64. The number of benzene rings is 3. The summed E-state index contributed by atoms with van der Waals surface area (Å²) in [6, 6.07) is 15.9. The van der Waals surface area contributed by atoms with E-state index in [1.54, 1.807) is 0 Å². The first-order valence-electron chi connectivity index (χ1n) is 13.5. The first-order valence-corrected chi connectivity index (χ1v) is 13.5. The zero-order valence-electron chi connectivity index (χ0n) is 23.2. The van der Waals surface area contributed by atoms with Gasteiger partial charge in [-0.05, 0) is 64.7 Å². The third kappa shape index (κ3) is 4.48. The number of esters is 1. The van der Waals surface area contributed by atoms with Gasteiger partial charge in [0.25, 0.3) is 5.79 Å². The lowest BCUT2D eigenvalue weighted by molar-refractivity contribution is -0.171. The van der Waals surface area contributed by atoms with Crippen LogP contribution >= 0.6 is 0 Å². The van der Waals surface area contributed by atoms with Crippen LogP contribution in [0.25, 0.3) is 11.1 Å². The molecule has 2 aliphatic rings. The third-order valence-electron chi connectivity index (χ3n) is 7.54. The molecule has 198 valence electrons. The molecule has 5 heteroatoms. The average Bonchev–Trinajstić information content (AvgIpc) is 2.83. The highest BCUT2D eigenvalue weighted by Gasteiger charge is 2.49. The second-order valence-electron chi connectivity index (χ2n) is 11.2. The second kappa shape index (κ2) is 9.61. The molecule has 0 saturated carbocycles. The Labute approximate surface area is 225 Å². The number of cyclic esters (lactones) is 1. The minimum absolute atomic E-state index is 0.0941. The lowest BCUT2D eigenvalue weighted by atomic mass is 9.82. The Kier molecular flexibility index (Phi) is 6.58. The maximum atomic E-state index is 13.9. The molecule has 3 aromatic rings. The SMILES string of the molecule is CCCCCc1cc2c(c3c1C(=O)OC(CC(C)=O)(c1ccc(C)cc1)O3)-c1cc(C)ccc1C(C)(C)O2. The first-order chi connectivity index (χ1) is 18.0. The molecule has 0 amide bonds. The molecule has 2 heterocycles. The normalized spacial score (nSPS) is 18.8. The summed E-state index contributed by atoms with van der Waals surface area (Å²) < 4.78 is 19.5. The largest absolute Gasteiger partial charge is 0.482 e. The third-order valence-corrected chi connectivity index (χ3v) is 7.54. The van der Waals surface area contributed by atoms with E-state index < -0.39 is 17.4 Å². The van der Waals surface area contributed by atoms with E-state index in [0.29, 0.717) is 29.0 Å². The van der Waals surface area contributed by atoms with Crippen LogP contribution in [0.4, 0.5) is 0 Å². The lowest BCUT2D eigenvalue weighted by Crippen LogP contribution is -2.44. The van der Waals surface area contributed by atoms with Crippen LogP contribution in [0.1, 0.15) is 91.6 Å². The van der Waals surface area contributed by atoms with Crippen LogP contribution in [0.2, 0.25) is 0 Å². The highest BCUT2D eigenvalue weighted by Crippen LogP contribution is 2.55. The Morgan fingerprint density at radius 1 is 0.868 bits per heavy atom. The molecule has 0 bridgehead atoms. The van der Waals surface area contributed by atoms with Crippen molar-refractivity contribution >= 4 is 11.8 Å². The highest BCUT2D eigenvalue weighted by molar-refractivity contribution is 6.01. The number of hydrogen-bond acceptors (Lipinski definition) is 5. The summed E-state index contributed by atoms with van der Waals surface area (Å²) in [5.74, 6) is -1.04. The van der Waals surface area contributed by atoms with Crippen molar-refractivity contribution in [2.75, 3.05) is 0 Å². The Balaban J connectivity index is 1.79. The summed E-state index contributed by atoms with van der Waals surface area (Å²) >= 11 is 0. The van der Waals surface area contributed by atoms with Crippen LogP contribution in [0, 0.1) is 13.8 Å². The number of carbonyl (C=O) groups is 2. The summed E-state index contributed by atoms with van der Waals surface area (Å²) in [5, 5.41) is 0. The van der Waals surface area contributed by atoms with Gasteiger partial charge in [0.2, 0.25) is 0 Å². The predicted octanol–water partition coefficient (Wildman–Crippen LogP) is 7.71.